The molecule has 1 aliphatic carbocycles. The molecule has 0 unspecified atom stereocenters. The van der Waals surface area contributed by atoms with E-state index in [9.17, 15) is 8.78 Å². The van der Waals surface area contributed by atoms with Crippen molar-refractivity contribution in [3.05, 3.63) is 36.3 Å². The summed E-state index contributed by atoms with van der Waals surface area (Å²) in [6.07, 6.45) is 7.68. The molecule has 32 heavy (non-hydrogen) atoms. The van der Waals surface area contributed by atoms with Crippen molar-refractivity contribution in [2.24, 2.45) is 5.92 Å². The van der Waals surface area contributed by atoms with E-state index in [1.807, 2.05) is 6.07 Å². The molecule has 0 radical (unpaired) electrons. The average molecular weight is 443 g/mol. The topological polar surface area (TPSA) is 84.4 Å². The van der Waals surface area contributed by atoms with Gasteiger partial charge in [-0.2, -0.15) is 10.1 Å². The van der Waals surface area contributed by atoms with Crippen LogP contribution in [0.15, 0.2) is 30.6 Å². The van der Waals surface area contributed by atoms with E-state index in [1.54, 1.807) is 36.9 Å². The summed E-state index contributed by atoms with van der Waals surface area (Å²) in [7, 11) is 3.48. The summed E-state index contributed by atoms with van der Waals surface area (Å²) in [6, 6.07) is 5.20. The van der Waals surface area contributed by atoms with Crippen LogP contribution in [-0.4, -0.2) is 43.3 Å². The lowest BCUT2D eigenvalue weighted by Gasteiger charge is -2.15. The van der Waals surface area contributed by atoms with E-state index in [0.29, 0.717) is 28.6 Å². The first-order chi connectivity index (χ1) is 15.5. The molecule has 0 atom stereocenters. The van der Waals surface area contributed by atoms with Gasteiger partial charge in [0.2, 0.25) is 5.95 Å². The molecule has 4 aromatic rings. The summed E-state index contributed by atoms with van der Waals surface area (Å²) in [4.78, 5) is 8.32. The fraction of sp³-hybridized carbons (Fsp3) is 0.455. The van der Waals surface area contributed by atoms with Crippen molar-refractivity contribution in [3.63, 3.8) is 0 Å². The Hall–Kier alpha value is -3.30. The van der Waals surface area contributed by atoms with E-state index in [0.717, 1.165) is 22.2 Å². The highest BCUT2D eigenvalue weighted by Crippen LogP contribution is 2.29. The van der Waals surface area contributed by atoms with E-state index in [2.05, 4.69) is 37.7 Å². The lowest BCUT2D eigenvalue weighted by Crippen LogP contribution is -2.06. The molecule has 4 heterocycles. The number of fused-ring (bicyclic) bond motifs is 2. The van der Waals surface area contributed by atoms with Crippen LogP contribution in [-0.2, 0) is 0 Å². The van der Waals surface area contributed by atoms with Crippen LogP contribution in [0.5, 0.6) is 0 Å². The van der Waals surface area contributed by atoms with Crippen LogP contribution in [0, 0.1) is 5.92 Å². The zero-order valence-electron chi connectivity index (χ0n) is 18.5. The molecule has 170 valence electrons. The van der Waals surface area contributed by atoms with Crippen LogP contribution in [0.3, 0.4) is 0 Å². The third-order valence-electron chi connectivity index (χ3n) is 5.75. The van der Waals surface area contributed by atoms with Crippen LogP contribution < -0.4 is 10.6 Å². The standard InChI is InChI=1S/C15H14F2N8.C7H14/c1-18-14-12-8(5-6-24(12)23-15(19-2)21-14)9-3-4-11-20-7-10(13(16)17)25(11)22-9;1-7-5-3-2-4-6-7/h3-7,13H,1-2H3,(H2,18,19,21,23);7H,2-6H2,1H3. The molecule has 0 bridgehead atoms. The second-order valence-corrected chi connectivity index (χ2v) is 8.02. The van der Waals surface area contributed by atoms with Gasteiger partial charge in [-0.25, -0.2) is 22.8 Å². The Morgan fingerprint density at radius 3 is 2.44 bits per heavy atom. The Balaban J connectivity index is 0.000000300. The molecule has 8 nitrogen and oxygen atoms in total. The first kappa shape index (κ1) is 21.9. The molecule has 0 spiro atoms. The number of hydrogen-bond donors (Lipinski definition) is 2. The third kappa shape index (κ3) is 4.35. The van der Waals surface area contributed by atoms with Gasteiger partial charge in [-0.15, -0.1) is 5.10 Å². The molecule has 0 aromatic carbocycles. The first-order valence-electron chi connectivity index (χ1n) is 10.9. The van der Waals surface area contributed by atoms with Gasteiger partial charge >= 0.3 is 0 Å². The summed E-state index contributed by atoms with van der Waals surface area (Å²) in [5, 5.41) is 14.6. The van der Waals surface area contributed by atoms with E-state index in [-0.39, 0.29) is 5.69 Å². The van der Waals surface area contributed by atoms with Crippen molar-refractivity contribution in [3.8, 4) is 11.3 Å². The molecule has 1 fully saturated rings. The van der Waals surface area contributed by atoms with Crippen LogP contribution >= 0.6 is 0 Å². The molecule has 10 heteroatoms. The Labute approximate surface area is 185 Å². The number of nitrogens with one attached hydrogen (secondary N) is 2. The van der Waals surface area contributed by atoms with Gasteiger partial charge in [0.25, 0.3) is 6.43 Å². The maximum Gasteiger partial charge on any atom is 0.282 e. The molecule has 1 saturated carbocycles. The van der Waals surface area contributed by atoms with Gasteiger partial charge in [0, 0.05) is 25.9 Å². The van der Waals surface area contributed by atoms with Crippen molar-refractivity contribution >= 4 is 22.9 Å². The Bertz CT molecular complexity index is 1190. The second-order valence-electron chi connectivity index (χ2n) is 8.02. The summed E-state index contributed by atoms with van der Waals surface area (Å²) in [5.74, 6) is 2.09. The Kier molecular flexibility index (Phi) is 6.48. The Morgan fingerprint density at radius 2 is 1.81 bits per heavy atom. The zero-order chi connectivity index (χ0) is 22.7. The number of rotatable bonds is 4. The summed E-state index contributed by atoms with van der Waals surface area (Å²) < 4.78 is 29.1. The molecule has 0 saturated heterocycles. The normalized spacial score (nSPS) is 14.6. The lowest BCUT2D eigenvalue weighted by atomic mass is 9.91. The lowest BCUT2D eigenvalue weighted by molar-refractivity contribution is 0.143. The minimum Gasteiger partial charge on any atom is -0.371 e. The molecule has 2 N–H and O–H groups in total. The number of hydrogen-bond acceptors (Lipinski definition) is 6. The fourth-order valence-corrected chi connectivity index (χ4v) is 4.00. The quantitative estimate of drug-likeness (QED) is 0.460. The summed E-state index contributed by atoms with van der Waals surface area (Å²) in [5.41, 5.74) is 2.06. The summed E-state index contributed by atoms with van der Waals surface area (Å²) in [6.45, 7) is 2.36. The first-order valence-corrected chi connectivity index (χ1v) is 10.9. The monoisotopic (exact) mass is 442 g/mol. The van der Waals surface area contributed by atoms with Crippen molar-refractivity contribution in [2.75, 3.05) is 24.7 Å². The molecule has 0 amide bonds. The Morgan fingerprint density at radius 1 is 1.03 bits per heavy atom. The van der Waals surface area contributed by atoms with E-state index in [4.69, 9.17) is 0 Å². The number of imidazole rings is 1. The molecule has 4 aromatic heterocycles. The van der Waals surface area contributed by atoms with Crippen molar-refractivity contribution in [2.45, 2.75) is 45.5 Å². The number of alkyl halides is 2. The van der Waals surface area contributed by atoms with Crippen LogP contribution in [0.4, 0.5) is 20.5 Å². The minimum atomic E-state index is -2.65. The van der Waals surface area contributed by atoms with Gasteiger partial charge in [-0.05, 0) is 24.1 Å². The number of anilines is 2. The van der Waals surface area contributed by atoms with Gasteiger partial charge in [-0.1, -0.05) is 39.0 Å². The predicted molar refractivity (Wildman–Crippen MR) is 121 cm³/mol. The minimum absolute atomic E-state index is 0.247. The van der Waals surface area contributed by atoms with Crippen molar-refractivity contribution in [1.82, 2.24) is 29.2 Å². The highest BCUT2D eigenvalue weighted by molar-refractivity contribution is 5.87. The molecule has 0 aliphatic heterocycles. The van der Waals surface area contributed by atoms with Crippen LogP contribution in [0.25, 0.3) is 22.4 Å². The van der Waals surface area contributed by atoms with E-state index in [1.165, 1.54) is 32.1 Å². The zero-order valence-corrected chi connectivity index (χ0v) is 18.5. The van der Waals surface area contributed by atoms with Crippen molar-refractivity contribution < 1.29 is 8.78 Å². The molecular weight excluding hydrogens is 414 g/mol. The van der Waals surface area contributed by atoms with Gasteiger partial charge in [0.1, 0.15) is 11.2 Å². The summed E-state index contributed by atoms with van der Waals surface area (Å²) >= 11 is 0. The molecule has 5 rings (SSSR count). The third-order valence-corrected chi connectivity index (χ3v) is 5.75. The van der Waals surface area contributed by atoms with Crippen LogP contribution in [0.2, 0.25) is 0 Å². The molecular formula is C22H28F2N8. The fourth-order valence-electron chi connectivity index (χ4n) is 4.00. The number of aromatic nitrogens is 6. The number of nitrogens with zero attached hydrogens (tertiary/aromatic N) is 6. The highest BCUT2D eigenvalue weighted by atomic mass is 19.3. The van der Waals surface area contributed by atoms with Gasteiger partial charge in [-0.3, -0.25) is 0 Å². The van der Waals surface area contributed by atoms with Gasteiger partial charge in [0.15, 0.2) is 11.5 Å². The predicted octanol–water partition coefficient (Wildman–Crippen LogP) is 5.05. The van der Waals surface area contributed by atoms with E-state index < -0.39 is 6.43 Å². The second kappa shape index (κ2) is 9.46. The SMILES string of the molecule is CC1CCCCC1.CNc1nc(NC)c2c(-c3ccc4ncc(C(F)F)n4n3)ccn2n1. The van der Waals surface area contributed by atoms with E-state index >= 15 is 0 Å². The smallest absolute Gasteiger partial charge is 0.282 e. The van der Waals surface area contributed by atoms with Crippen LogP contribution in [0.1, 0.15) is 51.1 Å². The van der Waals surface area contributed by atoms with Gasteiger partial charge < -0.3 is 10.6 Å². The average Bonchev–Trinajstić information content (AvgIpc) is 3.43. The highest BCUT2D eigenvalue weighted by Gasteiger charge is 2.18. The van der Waals surface area contributed by atoms with Gasteiger partial charge in [0.05, 0.1) is 11.9 Å². The maximum absolute atomic E-state index is 13.1. The number of halogens is 2. The maximum atomic E-state index is 13.1. The molecule has 1 aliphatic rings. The largest absolute Gasteiger partial charge is 0.371 e. The van der Waals surface area contributed by atoms with Crippen molar-refractivity contribution in [1.29, 1.82) is 0 Å².